The van der Waals surface area contributed by atoms with E-state index in [4.69, 9.17) is 10.00 Å². The van der Waals surface area contributed by atoms with Gasteiger partial charge in [-0.1, -0.05) is 6.07 Å². The van der Waals surface area contributed by atoms with E-state index < -0.39 is 0 Å². The summed E-state index contributed by atoms with van der Waals surface area (Å²) in [6, 6.07) is 7.04. The van der Waals surface area contributed by atoms with Gasteiger partial charge in [-0.2, -0.15) is 5.26 Å². The lowest BCUT2D eigenvalue weighted by atomic mass is 10.1. The maximum atomic E-state index is 12.6. The third-order valence-corrected chi connectivity index (χ3v) is 7.33. The predicted octanol–water partition coefficient (Wildman–Crippen LogP) is 3.44. The van der Waals surface area contributed by atoms with E-state index >= 15 is 0 Å². The summed E-state index contributed by atoms with van der Waals surface area (Å²) in [6.07, 6.45) is 10.3. The van der Waals surface area contributed by atoms with E-state index in [-0.39, 0.29) is 17.2 Å². The first kappa shape index (κ1) is 22.8. The lowest BCUT2D eigenvalue weighted by Crippen LogP contribution is -2.23. The van der Waals surface area contributed by atoms with Gasteiger partial charge < -0.3 is 15.4 Å². The molecule has 2 heterocycles. The number of thioether (sulfide) groups is 1. The molecule has 8 nitrogen and oxygen atoms in total. The van der Waals surface area contributed by atoms with Crippen molar-refractivity contribution in [3.05, 3.63) is 53.0 Å². The van der Waals surface area contributed by atoms with E-state index in [1.165, 1.54) is 12.8 Å². The second-order valence-corrected chi connectivity index (χ2v) is 10.1. The number of anilines is 1. The van der Waals surface area contributed by atoms with Crippen LogP contribution in [0.3, 0.4) is 0 Å². The molecule has 9 heteroatoms. The Morgan fingerprint density at radius 1 is 1.33 bits per heavy atom. The molecule has 170 valence electrons. The molecular weight excluding hydrogens is 438 g/mol. The first-order valence-electron chi connectivity index (χ1n) is 10.8. The Bertz CT molecular complexity index is 1100. The maximum absolute atomic E-state index is 12.6. The van der Waals surface area contributed by atoms with Gasteiger partial charge in [-0.15, -0.1) is 11.8 Å². The molecule has 0 unspecified atom stereocenters. The highest BCUT2D eigenvalue weighted by atomic mass is 32.2. The van der Waals surface area contributed by atoms with Gasteiger partial charge in [0.2, 0.25) is 18.2 Å². The van der Waals surface area contributed by atoms with Crippen LogP contribution in [0.25, 0.3) is 6.08 Å². The Morgan fingerprint density at radius 2 is 2.15 bits per heavy atom. The van der Waals surface area contributed by atoms with Crippen LogP contribution in [0, 0.1) is 11.3 Å². The third-order valence-electron chi connectivity index (χ3n) is 5.49. The molecule has 0 bridgehead atoms. The van der Waals surface area contributed by atoms with E-state index in [2.05, 4.69) is 20.6 Å². The highest BCUT2D eigenvalue weighted by Crippen LogP contribution is 2.55. The summed E-state index contributed by atoms with van der Waals surface area (Å²) in [5.41, 5.74) is 2.66. The number of carbonyl (C=O) groups excluding carboxylic acids is 2. The fraction of sp³-hybridized carbons (Fsp3) is 0.375. The van der Waals surface area contributed by atoms with Crippen LogP contribution in [0.15, 0.2) is 36.2 Å². The summed E-state index contributed by atoms with van der Waals surface area (Å²) in [6.45, 7) is 2.54. The number of hydrogen-bond donors (Lipinski definition) is 2. The first-order valence-corrected chi connectivity index (χ1v) is 11.7. The molecule has 2 fully saturated rings. The van der Waals surface area contributed by atoms with E-state index in [1.807, 2.05) is 17.8 Å². The van der Waals surface area contributed by atoms with Gasteiger partial charge in [0.15, 0.2) is 0 Å². The molecule has 2 N–H and O–H groups in total. The van der Waals surface area contributed by atoms with Gasteiger partial charge in [0.25, 0.3) is 0 Å². The highest BCUT2D eigenvalue weighted by Gasteiger charge is 2.48. The first-order chi connectivity index (χ1) is 16.0. The van der Waals surface area contributed by atoms with E-state index in [9.17, 15) is 9.59 Å². The van der Waals surface area contributed by atoms with Crippen molar-refractivity contribution in [2.45, 2.75) is 49.1 Å². The minimum absolute atomic E-state index is 0.170. The Balaban J connectivity index is 1.42. The largest absolute Gasteiger partial charge is 0.475 e. The van der Waals surface area contributed by atoms with Crippen LogP contribution < -0.4 is 15.4 Å². The molecule has 0 atom stereocenters. The van der Waals surface area contributed by atoms with Crippen LogP contribution in [0.1, 0.15) is 49.4 Å². The topological polar surface area (TPSA) is 117 Å². The predicted molar refractivity (Wildman–Crippen MR) is 126 cm³/mol. The molecule has 0 spiro atoms. The number of nitrogens with zero attached hydrogens (tertiary/aromatic N) is 3. The number of hydrogen-bond acceptors (Lipinski definition) is 7. The van der Waals surface area contributed by atoms with Crippen LogP contribution in [0.5, 0.6) is 5.88 Å². The number of nitriles is 1. The van der Waals surface area contributed by atoms with Crippen LogP contribution in [0.2, 0.25) is 0 Å². The summed E-state index contributed by atoms with van der Waals surface area (Å²) in [5, 5.41) is 15.1. The average molecular weight is 464 g/mol. The van der Waals surface area contributed by atoms with Crippen molar-refractivity contribution < 1.29 is 14.3 Å². The molecule has 2 aliphatic carbocycles. The monoisotopic (exact) mass is 463 g/mol. The van der Waals surface area contributed by atoms with Crippen LogP contribution in [0.4, 0.5) is 5.69 Å². The zero-order valence-electron chi connectivity index (χ0n) is 18.3. The zero-order chi connectivity index (χ0) is 23.3. The normalized spacial score (nSPS) is 16.4. The quantitative estimate of drug-likeness (QED) is 0.387. The SMILES string of the molecule is C/C(=C\c1ccnc(OCC2(SC3CC3)CC2)c1NC=O)C(=O)NCc1ccc(C#N)nc1. The Morgan fingerprint density at radius 3 is 2.79 bits per heavy atom. The van der Waals surface area contributed by atoms with Gasteiger partial charge in [0.1, 0.15) is 24.1 Å². The molecule has 0 radical (unpaired) electrons. The Hall–Kier alpha value is -3.38. The Labute approximate surface area is 196 Å². The Kier molecular flexibility index (Phi) is 6.94. The average Bonchev–Trinajstić information content (AvgIpc) is 3.77. The molecule has 2 aromatic rings. The van der Waals surface area contributed by atoms with Gasteiger partial charge in [0, 0.05) is 35.3 Å². The lowest BCUT2D eigenvalue weighted by Gasteiger charge is -2.17. The van der Waals surface area contributed by atoms with E-state index in [1.54, 1.807) is 43.6 Å². The second kappa shape index (κ2) is 10.0. The standard InChI is InChI=1S/C24H25N5O3S/c1-16(22(31)28-13-17-2-3-19(11-25)27-12-17)10-18-6-9-26-23(21(18)29-15-30)32-14-24(7-8-24)33-20-4-5-20/h2-3,6,9-10,12,15,20H,4-5,7-8,13-14H2,1H3,(H,28,31)(H,29,30)/b16-10+. The van der Waals surface area contributed by atoms with Crippen molar-refractivity contribution in [1.29, 1.82) is 5.26 Å². The van der Waals surface area contributed by atoms with Crippen molar-refractivity contribution >= 4 is 35.8 Å². The minimum atomic E-state index is -0.256. The molecule has 2 aromatic heterocycles. The van der Waals surface area contributed by atoms with Gasteiger partial charge in [-0.05, 0) is 56.4 Å². The lowest BCUT2D eigenvalue weighted by molar-refractivity contribution is -0.117. The van der Waals surface area contributed by atoms with Crippen LogP contribution in [-0.4, -0.2) is 38.9 Å². The minimum Gasteiger partial charge on any atom is -0.475 e. The number of ether oxygens (including phenoxy) is 1. The molecule has 0 aliphatic heterocycles. The number of carbonyl (C=O) groups is 2. The number of pyridine rings is 2. The molecule has 2 aliphatic rings. The number of amides is 2. The van der Waals surface area contributed by atoms with Gasteiger partial charge in [0.05, 0.1) is 4.75 Å². The summed E-state index contributed by atoms with van der Waals surface area (Å²) in [5.74, 6) is 0.101. The summed E-state index contributed by atoms with van der Waals surface area (Å²) in [7, 11) is 0. The fourth-order valence-corrected chi connectivity index (χ4v) is 4.82. The molecule has 0 saturated heterocycles. The number of aromatic nitrogens is 2. The van der Waals surface area contributed by atoms with Crippen LogP contribution in [-0.2, 0) is 16.1 Å². The second-order valence-electron chi connectivity index (χ2n) is 8.30. The van der Waals surface area contributed by atoms with Crippen molar-refractivity contribution in [2.75, 3.05) is 11.9 Å². The molecule has 0 aromatic carbocycles. The van der Waals surface area contributed by atoms with Crippen molar-refractivity contribution in [3.8, 4) is 11.9 Å². The summed E-state index contributed by atoms with van der Waals surface area (Å²) in [4.78, 5) is 32.1. The summed E-state index contributed by atoms with van der Waals surface area (Å²) < 4.78 is 6.21. The molecular formula is C24H25N5O3S. The van der Waals surface area contributed by atoms with Crippen LogP contribution >= 0.6 is 11.8 Å². The van der Waals surface area contributed by atoms with E-state index in [0.29, 0.717) is 41.4 Å². The maximum Gasteiger partial charge on any atom is 0.247 e. The smallest absolute Gasteiger partial charge is 0.247 e. The van der Waals surface area contributed by atoms with Crippen molar-refractivity contribution in [2.24, 2.45) is 0 Å². The zero-order valence-corrected chi connectivity index (χ0v) is 19.2. The van der Waals surface area contributed by atoms with Gasteiger partial charge in [-0.3, -0.25) is 9.59 Å². The van der Waals surface area contributed by atoms with Crippen molar-refractivity contribution in [1.82, 2.24) is 15.3 Å². The number of rotatable bonds is 11. The molecule has 2 saturated carbocycles. The van der Waals surface area contributed by atoms with Gasteiger partial charge >= 0.3 is 0 Å². The molecule has 4 rings (SSSR count). The highest BCUT2D eigenvalue weighted by molar-refractivity contribution is 8.01. The number of nitrogens with one attached hydrogen (secondary N) is 2. The fourth-order valence-electron chi connectivity index (χ4n) is 3.28. The van der Waals surface area contributed by atoms with E-state index in [0.717, 1.165) is 23.7 Å². The van der Waals surface area contributed by atoms with Gasteiger partial charge in [-0.25, -0.2) is 9.97 Å². The molecule has 33 heavy (non-hydrogen) atoms. The third kappa shape index (κ3) is 6.11. The molecule has 2 amide bonds. The summed E-state index contributed by atoms with van der Waals surface area (Å²) >= 11 is 2.01. The van der Waals surface area contributed by atoms with Crippen molar-refractivity contribution in [3.63, 3.8) is 0 Å².